The zero-order valence-corrected chi connectivity index (χ0v) is 15.5. The Balaban J connectivity index is 1.78. The van der Waals surface area contributed by atoms with Crippen molar-refractivity contribution in [1.29, 1.82) is 0 Å². The fourth-order valence-corrected chi connectivity index (χ4v) is 2.41. The maximum Gasteiger partial charge on any atom is 0.269 e. The van der Waals surface area contributed by atoms with Gasteiger partial charge in [-0.25, -0.2) is 0 Å². The number of rotatable bonds is 8. The lowest BCUT2D eigenvalue weighted by Crippen LogP contribution is -2.41. The minimum Gasteiger partial charge on any atom is -0.494 e. The SMILES string of the molecule is CCCCCCOc1ccc(C(=O)NNC(=O)c2ccc(Cl)cc2)cc1. The highest BCUT2D eigenvalue weighted by atomic mass is 35.5. The van der Waals surface area contributed by atoms with Gasteiger partial charge in [0.1, 0.15) is 5.75 Å². The van der Waals surface area contributed by atoms with E-state index in [9.17, 15) is 9.59 Å². The first-order chi connectivity index (χ1) is 12.6. The van der Waals surface area contributed by atoms with Crippen molar-refractivity contribution in [2.24, 2.45) is 0 Å². The van der Waals surface area contributed by atoms with Crippen molar-refractivity contribution in [3.05, 3.63) is 64.7 Å². The van der Waals surface area contributed by atoms with Gasteiger partial charge >= 0.3 is 0 Å². The molecule has 6 heteroatoms. The smallest absolute Gasteiger partial charge is 0.269 e. The summed E-state index contributed by atoms with van der Waals surface area (Å²) in [6.07, 6.45) is 4.58. The van der Waals surface area contributed by atoms with Crippen LogP contribution in [0, 0.1) is 0 Å². The number of hydrogen-bond acceptors (Lipinski definition) is 3. The third kappa shape index (κ3) is 6.41. The molecule has 0 aliphatic heterocycles. The summed E-state index contributed by atoms with van der Waals surface area (Å²) >= 11 is 5.78. The van der Waals surface area contributed by atoms with Crippen LogP contribution in [0.25, 0.3) is 0 Å². The first kappa shape index (κ1) is 19.8. The Morgan fingerprint density at radius 2 is 1.38 bits per heavy atom. The summed E-state index contributed by atoms with van der Waals surface area (Å²) in [5.41, 5.74) is 5.59. The highest BCUT2D eigenvalue weighted by molar-refractivity contribution is 6.30. The molecule has 0 aliphatic rings. The lowest BCUT2D eigenvalue weighted by molar-refractivity contribution is 0.0846. The number of unbranched alkanes of at least 4 members (excludes halogenated alkanes) is 3. The van der Waals surface area contributed by atoms with Crippen molar-refractivity contribution in [2.75, 3.05) is 6.61 Å². The minimum atomic E-state index is -0.415. The summed E-state index contributed by atoms with van der Waals surface area (Å²) in [6, 6.07) is 13.2. The summed E-state index contributed by atoms with van der Waals surface area (Å²) < 4.78 is 5.64. The van der Waals surface area contributed by atoms with Crippen molar-refractivity contribution in [1.82, 2.24) is 10.9 Å². The van der Waals surface area contributed by atoms with E-state index in [0.29, 0.717) is 22.8 Å². The Labute approximate surface area is 158 Å². The normalized spacial score (nSPS) is 10.2. The van der Waals surface area contributed by atoms with Gasteiger partial charge in [-0.3, -0.25) is 20.4 Å². The van der Waals surface area contributed by atoms with Crippen LogP contribution in [-0.4, -0.2) is 18.4 Å². The molecule has 0 aliphatic carbocycles. The molecule has 0 spiro atoms. The molecule has 0 radical (unpaired) electrons. The molecule has 2 aromatic carbocycles. The van der Waals surface area contributed by atoms with Crippen LogP contribution in [0.15, 0.2) is 48.5 Å². The van der Waals surface area contributed by atoms with Crippen LogP contribution >= 0.6 is 11.6 Å². The average molecular weight is 375 g/mol. The van der Waals surface area contributed by atoms with E-state index in [2.05, 4.69) is 17.8 Å². The number of ether oxygens (including phenoxy) is 1. The molecular weight excluding hydrogens is 352 g/mol. The van der Waals surface area contributed by atoms with E-state index in [1.54, 1.807) is 48.5 Å². The highest BCUT2D eigenvalue weighted by Gasteiger charge is 2.09. The Bertz CT molecular complexity index is 715. The molecule has 2 aromatic rings. The van der Waals surface area contributed by atoms with Gasteiger partial charge in [0, 0.05) is 16.1 Å². The number of amides is 2. The van der Waals surface area contributed by atoms with E-state index in [-0.39, 0.29) is 0 Å². The van der Waals surface area contributed by atoms with Crippen molar-refractivity contribution in [3.8, 4) is 5.75 Å². The molecule has 2 rings (SSSR count). The number of hydrogen-bond donors (Lipinski definition) is 2. The van der Waals surface area contributed by atoms with Crippen LogP contribution in [0.1, 0.15) is 53.3 Å². The standard InChI is InChI=1S/C20H23ClN2O3/c1-2-3-4-5-14-26-18-12-8-16(9-13-18)20(25)23-22-19(24)15-6-10-17(21)11-7-15/h6-13H,2-5,14H2,1H3,(H,22,24)(H,23,25). The number of benzene rings is 2. The minimum absolute atomic E-state index is 0.401. The van der Waals surface area contributed by atoms with Gasteiger partial charge in [-0.15, -0.1) is 0 Å². The molecular formula is C20H23ClN2O3. The van der Waals surface area contributed by atoms with Crippen molar-refractivity contribution >= 4 is 23.4 Å². The third-order valence-electron chi connectivity index (χ3n) is 3.78. The lowest BCUT2D eigenvalue weighted by Gasteiger charge is -2.09. The zero-order valence-electron chi connectivity index (χ0n) is 14.8. The number of carbonyl (C=O) groups is 2. The Kier molecular flexibility index (Phi) is 7.96. The molecule has 0 unspecified atom stereocenters. The molecule has 0 fully saturated rings. The summed E-state index contributed by atoms with van der Waals surface area (Å²) in [5.74, 6) is -0.0906. The molecule has 0 bridgehead atoms. The molecule has 0 aromatic heterocycles. The lowest BCUT2D eigenvalue weighted by atomic mass is 10.2. The van der Waals surface area contributed by atoms with E-state index in [1.165, 1.54) is 12.8 Å². The van der Waals surface area contributed by atoms with Crippen molar-refractivity contribution < 1.29 is 14.3 Å². The summed E-state index contributed by atoms with van der Waals surface area (Å²) in [7, 11) is 0. The second-order valence-corrected chi connectivity index (χ2v) is 6.29. The maximum atomic E-state index is 12.1. The topological polar surface area (TPSA) is 67.4 Å². The van der Waals surface area contributed by atoms with Crippen molar-refractivity contribution in [3.63, 3.8) is 0 Å². The van der Waals surface area contributed by atoms with Crippen LogP contribution in [0.2, 0.25) is 5.02 Å². The predicted molar refractivity (Wildman–Crippen MR) is 102 cm³/mol. The van der Waals surface area contributed by atoms with Crippen LogP contribution in [0.3, 0.4) is 0 Å². The number of halogens is 1. The number of carbonyl (C=O) groups excluding carboxylic acids is 2. The van der Waals surface area contributed by atoms with Gasteiger partial charge < -0.3 is 4.74 Å². The number of hydrazine groups is 1. The Morgan fingerprint density at radius 1 is 0.846 bits per heavy atom. The van der Waals surface area contributed by atoms with E-state index >= 15 is 0 Å². The van der Waals surface area contributed by atoms with Gasteiger partial charge in [-0.2, -0.15) is 0 Å². The molecule has 5 nitrogen and oxygen atoms in total. The monoisotopic (exact) mass is 374 g/mol. The fourth-order valence-electron chi connectivity index (χ4n) is 2.28. The molecule has 0 heterocycles. The van der Waals surface area contributed by atoms with E-state index in [0.717, 1.165) is 18.6 Å². The Hall–Kier alpha value is -2.53. The predicted octanol–water partition coefficient (Wildman–Crippen LogP) is 4.37. The third-order valence-corrected chi connectivity index (χ3v) is 4.03. The fraction of sp³-hybridized carbons (Fsp3) is 0.300. The van der Waals surface area contributed by atoms with Gasteiger partial charge in [0.25, 0.3) is 11.8 Å². The van der Waals surface area contributed by atoms with Gasteiger partial charge in [0.2, 0.25) is 0 Å². The summed E-state index contributed by atoms with van der Waals surface area (Å²) in [5, 5.41) is 0.540. The van der Waals surface area contributed by atoms with Gasteiger partial charge in [-0.05, 0) is 55.0 Å². The van der Waals surface area contributed by atoms with E-state index in [4.69, 9.17) is 16.3 Å². The van der Waals surface area contributed by atoms with E-state index < -0.39 is 11.8 Å². The number of nitrogens with one attached hydrogen (secondary N) is 2. The van der Waals surface area contributed by atoms with Gasteiger partial charge in [0.15, 0.2) is 0 Å². The van der Waals surface area contributed by atoms with Gasteiger partial charge in [0.05, 0.1) is 6.61 Å². The molecule has 2 amide bonds. The molecule has 0 saturated heterocycles. The first-order valence-electron chi connectivity index (χ1n) is 8.69. The second kappa shape index (κ2) is 10.5. The quantitative estimate of drug-likeness (QED) is 0.532. The largest absolute Gasteiger partial charge is 0.494 e. The van der Waals surface area contributed by atoms with Gasteiger partial charge in [-0.1, -0.05) is 37.8 Å². The first-order valence-corrected chi connectivity index (χ1v) is 9.07. The molecule has 2 N–H and O–H groups in total. The van der Waals surface area contributed by atoms with E-state index in [1.807, 2.05) is 0 Å². The zero-order chi connectivity index (χ0) is 18.8. The van der Waals surface area contributed by atoms with Crippen LogP contribution in [-0.2, 0) is 0 Å². The molecule has 26 heavy (non-hydrogen) atoms. The Morgan fingerprint density at radius 3 is 1.92 bits per heavy atom. The molecule has 0 saturated carbocycles. The summed E-state index contributed by atoms with van der Waals surface area (Å²) in [4.78, 5) is 24.0. The maximum absolute atomic E-state index is 12.1. The molecule has 0 atom stereocenters. The van der Waals surface area contributed by atoms with Crippen molar-refractivity contribution in [2.45, 2.75) is 32.6 Å². The van der Waals surface area contributed by atoms with Crippen LogP contribution < -0.4 is 15.6 Å². The van der Waals surface area contributed by atoms with Crippen LogP contribution in [0.4, 0.5) is 0 Å². The highest BCUT2D eigenvalue weighted by Crippen LogP contribution is 2.13. The second-order valence-electron chi connectivity index (χ2n) is 5.85. The summed E-state index contributed by atoms with van der Waals surface area (Å²) in [6.45, 7) is 2.84. The average Bonchev–Trinajstić information content (AvgIpc) is 2.66. The molecule has 138 valence electrons. The van der Waals surface area contributed by atoms with Crippen LogP contribution in [0.5, 0.6) is 5.75 Å².